The van der Waals surface area contributed by atoms with Crippen LogP contribution in [0.2, 0.25) is 0 Å². The van der Waals surface area contributed by atoms with Crippen LogP contribution in [0.4, 0.5) is 0 Å². The van der Waals surface area contributed by atoms with Crippen LogP contribution >= 0.6 is 0 Å². The van der Waals surface area contributed by atoms with Crippen molar-refractivity contribution in [2.75, 3.05) is 13.2 Å². The highest BCUT2D eigenvalue weighted by atomic mass is 16.5. The number of aldehydes is 1. The third-order valence-electron chi connectivity index (χ3n) is 3.68. The van der Waals surface area contributed by atoms with Crippen molar-refractivity contribution in [2.24, 2.45) is 0 Å². The van der Waals surface area contributed by atoms with E-state index in [2.05, 4.69) is 18.7 Å². The molecule has 1 aliphatic rings. The van der Waals surface area contributed by atoms with E-state index in [1.165, 1.54) is 19.4 Å². The van der Waals surface area contributed by atoms with Crippen LogP contribution in [0.5, 0.6) is 5.75 Å². The van der Waals surface area contributed by atoms with Crippen molar-refractivity contribution >= 4 is 6.29 Å². The number of benzene rings is 1. The van der Waals surface area contributed by atoms with E-state index < -0.39 is 0 Å². The van der Waals surface area contributed by atoms with E-state index in [0.29, 0.717) is 24.3 Å². The fraction of sp³-hybridized carbons (Fsp3) is 0.533. The third kappa shape index (κ3) is 3.10. The van der Waals surface area contributed by atoms with Crippen molar-refractivity contribution in [1.82, 2.24) is 4.90 Å². The maximum Gasteiger partial charge on any atom is 0.150 e. The molecule has 1 aromatic carbocycles. The molecule has 3 nitrogen and oxygen atoms in total. The van der Waals surface area contributed by atoms with E-state index >= 15 is 0 Å². The Hall–Kier alpha value is -1.35. The maximum atomic E-state index is 10.5. The van der Waals surface area contributed by atoms with Crippen LogP contribution in [0.1, 0.15) is 37.0 Å². The first-order valence-corrected chi connectivity index (χ1v) is 6.64. The van der Waals surface area contributed by atoms with Gasteiger partial charge < -0.3 is 4.74 Å². The van der Waals surface area contributed by atoms with Crippen molar-refractivity contribution in [1.29, 1.82) is 0 Å². The predicted octanol–water partition coefficient (Wildman–Crippen LogP) is 2.75. The monoisotopic (exact) mass is 247 g/mol. The molecule has 0 aliphatic carbocycles. The van der Waals surface area contributed by atoms with Crippen molar-refractivity contribution < 1.29 is 9.53 Å². The van der Waals surface area contributed by atoms with E-state index in [-0.39, 0.29) is 0 Å². The van der Waals surface area contributed by atoms with Crippen LogP contribution in [0.25, 0.3) is 0 Å². The van der Waals surface area contributed by atoms with Gasteiger partial charge >= 0.3 is 0 Å². The molecule has 1 saturated heterocycles. The molecule has 0 bridgehead atoms. The average molecular weight is 247 g/mol. The molecule has 1 aliphatic heterocycles. The zero-order chi connectivity index (χ0) is 13.0. The summed E-state index contributed by atoms with van der Waals surface area (Å²) in [5.41, 5.74) is 0.684. The molecule has 0 amide bonds. The molecule has 18 heavy (non-hydrogen) atoms. The SMILES string of the molecule is CC(COc1ccc(C=O)cc1)N1CCC[C@H]1C. The van der Waals surface area contributed by atoms with E-state index in [0.717, 1.165) is 12.0 Å². The Labute approximate surface area is 109 Å². The Balaban J connectivity index is 1.84. The standard InChI is InChI=1S/C15H21NO2/c1-12-4-3-9-16(12)13(2)11-18-15-7-5-14(10-17)6-8-15/h5-8,10,12-13H,3-4,9,11H2,1-2H3/t12-,13?/m1/s1. The van der Waals surface area contributed by atoms with Gasteiger partial charge in [-0.05, 0) is 57.5 Å². The van der Waals surface area contributed by atoms with Crippen molar-refractivity contribution in [3.8, 4) is 5.75 Å². The highest BCUT2D eigenvalue weighted by molar-refractivity contribution is 5.74. The smallest absolute Gasteiger partial charge is 0.150 e. The van der Waals surface area contributed by atoms with Gasteiger partial charge in [-0.2, -0.15) is 0 Å². The summed E-state index contributed by atoms with van der Waals surface area (Å²) in [5.74, 6) is 0.833. The summed E-state index contributed by atoms with van der Waals surface area (Å²) in [6.45, 7) is 6.37. The second-order valence-corrected chi connectivity index (χ2v) is 5.08. The molecule has 98 valence electrons. The van der Waals surface area contributed by atoms with E-state index in [1.54, 1.807) is 12.1 Å². The lowest BCUT2D eigenvalue weighted by molar-refractivity contribution is 0.112. The van der Waals surface area contributed by atoms with Gasteiger partial charge in [0, 0.05) is 17.6 Å². The van der Waals surface area contributed by atoms with Crippen LogP contribution in [0.15, 0.2) is 24.3 Å². The number of carbonyl (C=O) groups is 1. The zero-order valence-electron chi connectivity index (χ0n) is 11.1. The third-order valence-corrected chi connectivity index (χ3v) is 3.68. The van der Waals surface area contributed by atoms with Crippen molar-refractivity contribution in [2.45, 2.75) is 38.8 Å². The molecule has 2 atom stereocenters. The number of likely N-dealkylation sites (tertiary alicyclic amines) is 1. The molecule has 3 heteroatoms. The van der Waals surface area contributed by atoms with Gasteiger partial charge in [-0.1, -0.05) is 0 Å². The zero-order valence-corrected chi connectivity index (χ0v) is 11.1. The van der Waals surface area contributed by atoms with Crippen LogP contribution in [0, 0.1) is 0 Å². The Kier molecular flexibility index (Phi) is 4.37. The molecule has 2 rings (SSSR count). The van der Waals surface area contributed by atoms with Gasteiger partial charge in [-0.3, -0.25) is 9.69 Å². The lowest BCUT2D eigenvalue weighted by Crippen LogP contribution is -2.39. The van der Waals surface area contributed by atoms with Crippen LogP contribution < -0.4 is 4.74 Å². The Morgan fingerprint density at radius 1 is 1.44 bits per heavy atom. The number of ether oxygens (including phenoxy) is 1. The minimum absolute atomic E-state index is 0.438. The van der Waals surface area contributed by atoms with E-state index in [4.69, 9.17) is 4.74 Å². The lowest BCUT2D eigenvalue weighted by atomic mass is 10.2. The van der Waals surface area contributed by atoms with E-state index in [1.807, 2.05) is 12.1 Å². The van der Waals surface area contributed by atoms with Crippen molar-refractivity contribution in [3.05, 3.63) is 29.8 Å². The topological polar surface area (TPSA) is 29.5 Å². The first-order valence-electron chi connectivity index (χ1n) is 6.64. The summed E-state index contributed by atoms with van der Waals surface area (Å²) in [6, 6.07) is 8.37. The fourth-order valence-electron chi connectivity index (χ4n) is 2.57. The number of rotatable bonds is 5. The number of nitrogens with zero attached hydrogens (tertiary/aromatic N) is 1. The van der Waals surface area contributed by atoms with Gasteiger partial charge in [0.05, 0.1) is 0 Å². The summed E-state index contributed by atoms with van der Waals surface area (Å²) >= 11 is 0. The lowest BCUT2D eigenvalue weighted by Gasteiger charge is -2.28. The Morgan fingerprint density at radius 2 is 2.17 bits per heavy atom. The van der Waals surface area contributed by atoms with Gasteiger partial charge in [0.1, 0.15) is 18.6 Å². The summed E-state index contributed by atoms with van der Waals surface area (Å²) in [4.78, 5) is 13.0. The van der Waals surface area contributed by atoms with Crippen LogP contribution in [0.3, 0.4) is 0 Å². The molecular weight excluding hydrogens is 226 g/mol. The van der Waals surface area contributed by atoms with Crippen LogP contribution in [-0.4, -0.2) is 36.4 Å². The van der Waals surface area contributed by atoms with Gasteiger partial charge in [0.15, 0.2) is 0 Å². The molecule has 1 aromatic rings. The quantitative estimate of drug-likeness (QED) is 0.749. The molecule has 0 aromatic heterocycles. The molecule has 1 unspecified atom stereocenters. The fourth-order valence-corrected chi connectivity index (χ4v) is 2.57. The molecule has 0 N–H and O–H groups in total. The second-order valence-electron chi connectivity index (χ2n) is 5.08. The first-order chi connectivity index (χ1) is 8.70. The Bertz CT molecular complexity index is 388. The van der Waals surface area contributed by atoms with Crippen molar-refractivity contribution in [3.63, 3.8) is 0 Å². The first kappa shape index (κ1) is 13.1. The second kappa shape index (κ2) is 6.01. The van der Waals surface area contributed by atoms with Crippen LogP contribution in [-0.2, 0) is 0 Å². The molecule has 0 spiro atoms. The average Bonchev–Trinajstić information content (AvgIpc) is 2.83. The number of hydrogen-bond acceptors (Lipinski definition) is 3. The van der Waals surface area contributed by atoms with Gasteiger partial charge in [0.2, 0.25) is 0 Å². The highest BCUT2D eigenvalue weighted by Gasteiger charge is 2.25. The van der Waals surface area contributed by atoms with Gasteiger partial charge in [-0.15, -0.1) is 0 Å². The summed E-state index contributed by atoms with van der Waals surface area (Å²) in [5, 5.41) is 0. The predicted molar refractivity (Wildman–Crippen MR) is 72.2 cm³/mol. The Morgan fingerprint density at radius 3 is 2.72 bits per heavy atom. The number of carbonyl (C=O) groups excluding carboxylic acids is 1. The van der Waals surface area contributed by atoms with E-state index in [9.17, 15) is 4.79 Å². The van der Waals surface area contributed by atoms with Gasteiger partial charge in [-0.25, -0.2) is 0 Å². The summed E-state index contributed by atoms with van der Waals surface area (Å²) < 4.78 is 5.77. The minimum Gasteiger partial charge on any atom is -0.492 e. The molecule has 0 saturated carbocycles. The molecule has 1 heterocycles. The minimum atomic E-state index is 0.438. The molecule has 1 fully saturated rings. The summed E-state index contributed by atoms with van der Waals surface area (Å²) in [6.07, 6.45) is 3.43. The normalized spacial score (nSPS) is 21.8. The molecular formula is C15H21NO2. The number of hydrogen-bond donors (Lipinski definition) is 0. The highest BCUT2D eigenvalue weighted by Crippen LogP contribution is 2.20. The van der Waals surface area contributed by atoms with Gasteiger partial charge in [0.25, 0.3) is 0 Å². The summed E-state index contributed by atoms with van der Waals surface area (Å²) in [7, 11) is 0. The maximum absolute atomic E-state index is 10.5. The molecule has 0 radical (unpaired) electrons. The largest absolute Gasteiger partial charge is 0.492 e.